The van der Waals surface area contributed by atoms with Gasteiger partial charge in [-0.3, -0.25) is 4.79 Å². The third kappa shape index (κ3) is 4.34. The number of para-hydroxylation sites is 1. The molecule has 158 valence electrons. The number of aryl methyl sites for hydroxylation is 1. The standard InChI is InChI=1S/C22H23ClN2O4S/c1-15-4-2-5-16-12-17(22(26)24-21(15)16)13-25(14-19-6-3-11-29-19)30(27,28)20-9-7-18(23)8-10-20/h2,4-5,7-10,12,17,19H,3,6,11,13-14H2,1H3. The Bertz CT molecular complexity index is 1170. The summed E-state index contributed by atoms with van der Waals surface area (Å²) in [4.78, 5) is 17.1. The lowest BCUT2D eigenvalue weighted by atomic mass is 10.0. The highest BCUT2D eigenvalue weighted by Gasteiger charge is 2.33. The van der Waals surface area contributed by atoms with Gasteiger partial charge < -0.3 is 4.74 Å². The van der Waals surface area contributed by atoms with Crippen LogP contribution in [0.1, 0.15) is 18.4 Å². The van der Waals surface area contributed by atoms with Crippen molar-refractivity contribution >= 4 is 33.6 Å². The van der Waals surface area contributed by atoms with Crippen LogP contribution in [-0.2, 0) is 19.6 Å². The van der Waals surface area contributed by atoms with Gasteiger partial charge >= 0.3 is 0 Å². The maximum Gasteiger partial charge on any atom is 0.254 e. The van der Waals surface area contributed by atoms with E-state index in [-0.39, 0.29) is 30.0 Å². The summed E-state index contributed by atoms with van der Waals surface area (Å²) >= 11 is 5.92. The van der Waals surface area contributed by atoms with Gasteiger partial charge in [-0.25, -0.2) is 13.4 Å². The fourth-order valence-corrected chi connectivity index (χ4v) is 5.47. The van der Waals surface area contributed by atoms with Gasteiger partial charge in [0.05, 0.1) is 22.3 Å². The van der Waals surface area contributed by atoms with Crippen LogP contribution < -0.4 is 10.6 Å². The van der Waals surface area contributed by atoms with E-state index in [0.717, 1.165) is 23.6 Å². The van der Waals surface area contributed by atoms with Gasteiger partial charge in [0.25, 0.3) is 5.91 Å². The van der Waals surface area contributed by atoms with Crippen molar-refractivity contribution in [3.63, 3.8) is 0 Å². The van der Waals surface area contributed by atoms with E-state index < -0.39 is 15.9 Å². The molecule has 2 aliphatic rings. The SMILES string of the molecule is Cc1cccc2c1=NC(=O)C(CN(CC1CCCO1)S(=O)(=O)c1ccc(Cl)cc1)C=2. The topological polar surface area (TPSA) is 76.0 Å². The zero-order valence-electron chi connectivity index (χ0n) is 16.6. The number of hydrogen-bond acceptors (Lipinski definition) is 4. The van der Waals surface area contributed by atoms with Crippen LogP contribution in [0.15, 0.2) is 52.4 Å². The number of nitrogens with zero attached hydrogens (tertiary/aromatic N) is 2. The molecular formula is C22H23ClN2O4S. The van der Waals surface area contributed by atoms with Crippen molar-refractivity contribution < 1.29 is 17.9 Å². The zero-order valence-corrected chi connectivity index (χ0v) is 18.2. The first kappa shape index (κ1) is 21.2. The minimum absolute atomic E-state index is 0.0144. The number of amides is 1. The molecule has 2 aromatic rings. The number of fused-ring (bicyclic) bond motifs is 1. The number of halogens is 1. The van der Waals surface area contributed by atoms with E-state index in [0.29, 0.717) is 17.0 Å². The molecule has 2 unspecified atom stereocenters. The molecule has 1 amide bonds. The Labute approximate surface area is 180 Å². The fraction of sp³-hybridized carbons (Fsp3) is 0.364. The summed E-state index contributed by atoms with van der Waals surface area (Å²) in [5, 5.41) is 1.96. The molecule has 1 saturated heterocycles. The van der Waals surface area contributed by atoms with Crippen LogP contribution in [0.2, 0.25) is 5.02 Å². The first-order valence-corrected chi connectivity index (χ1v) is 11.7. The molecule has 6 nitrogen and oxygen atoms in total. The van der Waals surface area contributed by atoms with Crippen molar-refractivity contribution in [2.75, 3.05) is 19.7 Å². The molecule has 2 atom stereocenters. The second-order valence-corrected chi connectivity index (χ2v) is 10.0. The number of benzene rings is 2. The molecule has 0 saturated carbocycles. The minimum atomic E-state index is -3.83. The first-order valence-electron chi connectivity index (χ1n) is 9.92. The van der Waals surface area contributed by atoms with E-state index in [1.165, 1.54) is 16.4 Å². The van der Waals surface area contributed by atoms with Gasteiger partial charge in [0, 0.05) is 24.7 Å². The Morgan fingerprint density at radius 3 is 2.63 bits per heavy atom. The molecule has 0 N–H and O–H groups in total. The molecule has 0 spiro atoms. The van der Waals surface area contributed by atoms with Crippen LogP contribution in [0.4, 0.5) is 0 Å². The molecule has 2 aliphatic heterocycles. The van der Waals surface area contributed by atoms with Crippen molar-refractivity contribution in [2.24, 2.45) is 10.9 Å². The molecule has 30 heavy (non-hydrogen) atoms. The average Bonchev–Trinajstić information content (AvgIpc) is 3.22. The van der Waals surface area contributed by atoms with Crippen molar-refractivity contribution in [2.45, 2.75) is 30.8 Å². The van der Waals surface area contributed by atoms with Crippen molar-refractivity contribution in [1.29, 1.82) is 0 Å². The van der Waals surface area contributed by atoms with Crippen LogP contribution in [0.5, 0.6) is 0 Å². The second-order valence-electron chi connectivity index (χ2n) is 7.65. The molecular weight excluding hydrogens is 424 g/mol. The molecule has 4 rings (SSSR count). The zero-order chi connectivity index (χ0) is 21.3. The Hall–Kier alpha value is -2.06. The van der Waals surface area contributed by atoms with Gasteiger partial charge in [-0.15, -0.1) is 0 Å². The molecule has 0 aliphatic carbocycles. The van der Waals surface area contributed by atoms with Crippen LogP contribution in [0, 0.1) is 12.8 Å². The highest BCUT2D eigenvalue weighted by Crippen LogP contribution is 2.23. The van der Waals surface area contributed by atoms with Gasteiger partial charge in [-0.1, -0.05) is 35.9 Å². The maximum absolute atomic E-state index is 13.4. The molecule has 2 heterocycles. The third-order valence-corrected chi connectivity index (χ3v) is 7.57. The van der Waals surface area contributed by atoms with E-state index in [9.17, 15) is 13.2 Å². The van der Waals surface area contributed by atoms with Crippen molar-refractivity contribution in [3.8, 4) is 0 Å². The number of rotatable bonds is 6. The van der Waals surface area contributed by atoms with Gasteiger partial charge in [0.2, 0.25) is 10.0 Å². The Balaban J connectivity index is 1.68. The summed E-state index contributed by atoms with van der Waals surface area (Å²) in [6.45, 7) is 2.73. The lowest BCUT2D eigenvalue weighted by molar-refractivity contribution is -0.120. The summed E-state index contributed by atoms with van der Waals surface area (Å²) in [5.41, 5.74) is 0.917. The van der Waals surface area contributed by atoms with Crippen LogP contribution >= 0.6 is 11.6 Å². The summed E-state index contributed by atoms with van der Waals surface area (Å²) in [6, 6.07) is 11.8. The number of carbonyl (C=O) groups is 1. The summed E-state index contributed by atoms with van der Waals surface area (Å²) in [5.74, 6) is -0.983. The average molecular weight is 447 g/mol. The van der Waals surface area contributed by atoms with Crippen molar-refractivity contribution in [1.82, 2.24) is 4.31 Å². The normalized spacial score (nSPS) is 21.2. The van der Waals surface area contributed by atoms with E-state index in [2.05, 4.69) is 4.99 Å². The first-order chi connectivity index (χ1) is 14.3. The quantitative estimate of drug-likeness (QED) is 0.680. The number of hydrogen-bond donors (Lipinski definition) is 0. The van der Waals surface area contributed by atoms with E-state index >= 15 is 0 Å². The van der Waals surface area contributed by atoms with Crippen LogP contribution in [0.3, 0.4) is 0 Å². The summed E-state index contributed by atoms with van der Waals surface area (Å²) < 4.78 is 33.8. The third-order valence-electron chi connectivity index (χ3n) is 5.47. The largest absolute Gasteiger partial charge is 0.377 e. The Morgan fingerprint density at radius 1 is 1.17 bits per heavy atom. The number of carbonyl (C=O) groups excluding carboxylic acids is 1. The lowest BCUT2D eigenvalue weighted by Crippen LogP contribution is -2.44. The van der Waals surface area contributed by atoms with Gasteiger partial charge in [-0.05, 0) is 54.8 Å². The molecule has 0 aromatic heterocycles. The van der Waals surface area contributed by atoms with Gasteiger partial charge in [0.1, 0.15) is 0 Å². The number of sulfonamides is 1. The highest BCUT2D eigenvalue weighted by molar-refractivity contribution is 7.89. The summed E-state index contributed by atoms with van der Waals surface area (Å²) in [7, 11) is -3.83. The predicted octanol–water partition coefficient (Wildman–Crippen LogP) is 2.07. The monoisotopic (exact) mass is 446 g/mol. The van der Waals surface area contributed by atoms with Crippen LogP contribution in [0.25, 0.3) is 6.08 Å². The van der Waals surface area contributed by atoms with E-state index in [4.69, 9.17) is 16.3 Å². The van der Waals surface area contributed by atoms with E-state index in [1.54, 1.807) is 12.1 Å². The predicted molar refractivity (Wildman–Crippen MR) is 114 cm³/mol. The Morgan fingerprint density at radius 2 is 1.93 bits per heavy atom. The van der Waals surface area contributed by atoms with Gasteiger partial charge in [-0.2, -0.15) is 4.31 Å². The molecule has 0 bridgehead atoms. The maximum atomic E-state index is 13.4. The fourth-order valence-electron chi connectivity index (χ4n) is 3.84. The Kier molecular flexibility index (Phi) is 6.06. The van der Waals surface area contributed by atoms with Gasteiger partial charge in [0.15, 0.2) is 0 Å². The molecule has 2 aromatic carbocycles. The lowest BCUT2D eigenvalue weighted by Gasteiger charge is -2.27. The van der Waals surface area contributed by atoms with Crippen LogP contribution in [-0.4, -0.2) is 44.4 Å². The minimum Gasteiger partial charge on any atom is -0.377 e. The number of ether oxygens (including phenoxy) is 1. The smallest absolute Gasteiger partial charge is 0.254 e. The summed E-state index contributed by atoms with van der Waals surface area (Å²) in [6.07, 6.45) is 3.33. The van der Waals surface area contributed by atoms with E-state index in [1.807, 2.05) is 31.2 Å². The molecule has 0 radical (unpaired) electrons. The molecule has 1 fully saturated rings. The second kappa shape index (κ2) is 8.59. The van der Waals surface area contributed by atoms with Crippen molar-refractivity contribution in [3.05, 3.63) is 63.6 Å². The molecule has 8 heteroatoms. The highest BCUT2D eigenvalue weighted by atomic mass is 35.5.